The Labute approximate surface area is 158 Å². The first-order valence-corrected chi connectivity index (χ1v) is 9.88. The summed E-state index contributed by atoms with van der Waals surface area (Å²) in [7, 11) is 0. The molecule has 0 unspecified atom stereocenters. The van der Waals surface area contributed by atoms with Gasteiger partial charge in [0.05, 0.1) is 24.3 Å². The number of aryl methyl sites for hydroxylation is 1. The molecule has 7 nitrogen and oxygen atoms in total. The van der Waals surface area contributed by atoms with Crippen LogP contribution >= 0.6 is 11.8 Å². The molecule has 2 rings (SSSR count). The van der Waals surface area contributed by atoms with Crippen molar-refractivity contribution in [1.82, 2.24) is 10.2 Å². The van der Waals surface area contributed by atoms with E-state index in [0.717, 1.165) is 6.42 Å². The summed E-state index contributed by atoms with van der Waals surface area (Å²) < 4.78 is 11.0. The molecule has 1 fully saturated rings. The van der Waals surface area contributed by atoms with Crippen LogP contribution in [0, 0.1) is 6.92 Å². The molecule has 0 atom stereocenters. The van der Waals surface area contributed by atoms with Gasteiger partial charge in [0.2, 0.25) is 5.91 Å². The Morgan fingerprint density at radius 2 is 2.12 bits per heavy atom. The van der Waals surface area contributed by atoms with Gasteiger partial charge >= 0.3 is 0 Å². The summed E-state index contributed by atoms with van der Waals surface area (Å²) in [5, 5.41) is 13.8. The van der Waals surface area contributed by atoms with Crippen molar-refractivity contribution in [3.8, 4) is 0 Å². The highest BCUT2D eigenvalue weighted by Gasteiger charge is 2.44. The Hall–Kier alpha value is -1.51. The second-order valence-electron chi connectivity index (χ2n) is 7.30. The number of likely N-dealkylation sites (tertiary alicyclic amines) is 1. The summed E-state index contributed by atoms with van der Waals surface area (Å²) in [5.74, 6) is 0.120. The van der Waals surface area contributed by atoms with Gasteiger partial charge in [0.25, 0.3) is 5.91 Å². The number of nitrogens with zero attached hydrogens (tertiary/aromatic N) is 1. The topological polar surface area (TPSA) is 92.0 Å². The van der Waals surface area contributed by atoms with E-state index in [-0.39, 0.29) is 43.7 Å². The monoisotopic (exact) mass is 384 g/mol. The third-order valence-corrected chi connectivity index (χ3v) is 5.25. The van der Waals surface area contributed by atoms with Gasteiger partial charge in [-0.2, -0.15) is 0 Å². The summed E-state index contributed by atoms with van der Waals surface area (Å²) in [5.41, 5.74) is -0.951. The summed E-state index contributed by atoms with van der Waals surface area (Å²) in [6.07, 6.45) is 2.68. The average Bonchev–Trinajstić information content (AvgIpc) is 2.96. The van der Waals surface area contributed by atoms with Crippen LogP contribution in [0.3, 0.4) is 0 Å². The number of β-amino-alcohol motifs (C(OH)–C–C–N with tert-alkyl or cyclic N) is 1. The van der Waals surface area contributed by atoms with E-state index in [1.165, 1.54) is 11.8 Å². The van der Waals surface area contributed by atoms with E-state index in [9.17, 15) is 14.7 Å². The summed E-state index contributed by atoms with van der Waals surface area (Å²) in [6, 6.07) is 1.72. The number of nitrogens with one attached hydrogen (secondary N) is 1. The largest absolute Gasteiger partial charge is 0.454 e. The van der Waals surface area contributed by atoms with Crippen LogP contribution < -0.4 is 5.32 Å². The van der Waals surface area contributed by atoms with Gasteiger partial charge in [-0.3, -0.25) is 9.59 Å². The van der Waals surface area contributed by atoms with Crippen molar-refractivity contribution in [3.63, 3.8) is 0 Å². The molecule has 1 aromatic rings. The maximum Gasteiger partial charge on any atom is 0.257 e. The Bertz CT molecular complexity index is 665. The van der Waals surface area contributed by atoms with Crippen molar-refractivity contribution in [2.24, 2.45) is 0 Å². The van der Waals surface area contributed by atoms with Crippen molar-refractivity contribution in [2.45, 2.75) is 50.4 Å². The van der Waals surface area contributed by atoms with E-state index in [2.05, 4.69) is 5.32 Å². The minimum Gasteiger partial charge on any atom is -0.454 e. The molecule has 26 heavy (non-hydrogen) atoms. The molecule has 1 aliphatic heterocycles. The van der Waals surface area contributed by atoms with Crippen molar-refractivity contribution in [1.29, 1.82) is 0 Å². The fourth-order valence-corrected chi connectivity index (χ4v) is 2.98. The van der Waals surface area contributed by atoms with Gasteiger partial charge in [-0.05, 0) is 33.4 Å². The van der Waals surface area contributed by atoms with Gasteiger partial charge < -0.3 is 24.5 Å². The minimum absolute atomic E-state index is 0.0504. The molecule has 8 heteroatoms. The lowest BCUT2D eigenvalue weighted by Crippen LogP contribution is -2.67. The second kappa shape index (κ2) is 8.02. The molecule has 0 aliphatic carbocycles. The first kappa shape index (κ1) is 20.8. The fourth-order valence-electron chi connectivity index (χ4n) is 2.53. The van der Waals surface area contributed by atoms with Crippen LogP contribution in [0.1, 0.15) is 43.3 Å². The van der Waals surface area contributed by atoms with Gasteiger partial charge in [-0.1, -0.05) is 18.7 Å². The van der Waals surface area contributed by atoms with E-state index in [1.807, 2.05) is 27.0 Å². The summed E-state index contributed by atoms with van der Waals surface area (Å²) in [6.45, 7) is 7.96. The third-order valence-electron chi connectivity index (χ3n) is 4.64. The van der Waals surface area contributed by atoms with Gasteiger partial charge in [0.1, 0.15) is 18.0 Å². The van der Waals surface area contributed by atoms with Gasteiger partial charge in [-0.15, -0.1) is 0 Å². The smallest absolute Gasteiger partial charge is 0.257 e. The van der Waals surface area contributed by atoms with Crippen LogP contribution in [0.15, 0.2) is 15.6 Å². The summed E-state index contributed by atoms with van der Waals surface area (Å²) in [4.78, 5) is 25.9. The number of furan rings is 1. The lowest BCUT2D eigenvalue weighted by Gasteiger charge is -2.46. The number of aliphatic hydroxyl groups is 1. The molecule has 146 valence electrons. The number of ether oxygens (including phenoxy) is 1. The maximum atomic E-state index is 12.5. The Morgan fingerprint density at radius 3 is 2.65 bits per heavy atom. The maximum absolute atomic E-state index is 12.5. The van der Waals surface area contributed by atoms with Gasteiger partial charge in [-0.25, -0.2) is 0 Å². The molecule has 2 amide bonds. The van der Waals surface area contributed by atoms with E-state index < -0.39 is 5.60 Å². The van der Waals surface area contributed by atoms with Crippen molar-refractivity contribution < 1.29 is 23.8 Å². The number of hydrogen-bond acceptors (Lipinski definition) is 6. The van der Waals surface area contributed by atoms with Crippen molar-refractivity contribution in [3.05, 3.63) is 17.4 Å². The van der Waals surface area contributed by atoms with Crippen molar-refractivity contribution in [2.75, 3.05) is 32.5 Å². The van der Waals surface area contributed by atoms with E-state index >= 15 is 0 Å². The first-order chi connectivity index (χ1) is 12.1. The zero-order chi connectivity index (χ0) is 19.5. The van der Waals surface area contributed by atoms with E-state index in [1.54, 1.807) is 17.9 Å². The summed E-state index contributed by atoms with van der Waals surface area (Å²) >= 11 is 1.43. The third kappa shape index (κ3) is 5.02. The van der Waals surface area contributed by atoms with Crippen LogP contribution in [-0.2, 0) is 9.53 Å². The number of carbonyl (C=O) groups is 2. The zero-order valence-corrected chi connectivity index (χ0v) is 16.9. The average molecular weight is 384 g/mol. The SMILES string of the molecule is CCC(C)(C)OCC(=O)NCC1(O)CN(C(=O)c2cc(SC)oc2C)C1. The highest BCUT2D eigenvalue weighted by atomic mass is 32.2. The number of thioether (sulfide) groups is 1. The second-order valence-corrected chi connectivity index (χ2v) is 8.11. The molecule has 1 aliphatic rings. The number of rotatable bonds is 8. The molecule has 2 N–H and O–H groups in total. The molecular weight excluding hydrogens is 356 g/mol. The Balaban J connectivity index is 1.79. The minimum atomic E-state index is -1.11. The van der Waals surface area contributed by atoms with Crippen LogP contribution in [0.25, 0.3) is 0 Å². The van der Waals surface area contributed by atoms with Crippen LogP contribution in [-0.4, -0.2) is 65.5 Å². The number of hydrogen-bond donors (Lipinski definition) is 2. The lowest BCUT2D eigenvalue weighted by molar-refractivity contribution is -0.135. The molecule has 0 saturated carbocycles. The Morgan fingerprint density at radius 1 is 1.46 bits per heavy atom. The first-order valence-electron chi connectivity index (χ1n) is 8.66. The molecule has 0 bridgehead atoms. The number of carbonyl (C=O) groups excluding carboxylic acids is 2. The molecular formula is C18H28N2O5S. The normalized spacial score (nSPS) is 16.3. The predicted octanol–water partition coefficient (Wildman–Crippen LogP) is 1.82. The van der Waals surface area contributed by atoms with Crippen molar-refractivity contribution >= 4 is 23.6 Å². The molecule has 0 radical (unpaired) electrons. The number of amides is 2. The van der Waals surface area contributed by atoms with Crippen LogP contribution in [0.2, 0.25) is 0 Å². The van der Waals surface area contributed by atoms with Crippen LogP contribution in [0.5, 0.6) is 0 Å². The molecule has 1 aromatic heterocycles. The van der Waals surface area contributed by atoms with Gasteiger partial charge in [0, 0.05) is 12.6 Å². The highest BCUT2D eigenvalue weighted by molar-refractivity contribution is 7.98. The lowest BCUT2D eigenvalue weighted by atomic mass is 9.93. The molecule has 0 aromatic carbocycles. The van der Waals surface area contributed by atoms with Crippen LogP contribution in [0.4, 0.5) is 0 Å². The predicted molar refractivity (Wildman–Crippen MR) is 99.4 cm³/mol. The highest BCUT2D eigenvalue weighted by Crippen LogP contribution is 2.27. The fraction of sp³-hybridized carbons (Fsp3) is 0.667. The molecule has 1 saturated heterocycles. The van der Waals surface area contributed by atoms with Gasteiger partial charge in [0.15, 0.2) is 5.09 Å². The van der Waals surface area contributed by atoms with E-state index in [4.69, 9.17) is 9.15 Å². The Kier molecular flexibility index (Phi) is 6.42. The quantitative estimate of drug-likeness (QED) is 0.664. The zero-order valence-electron chi connectivity index (χ0n) is 16.0. The van der Waals surface area contributed by atoms with E-state index in [0.29, 0.717) is 16.4 Å². The molecule has 0 spiro atoms. The molecule has 2 heterocycles. The standard InChI is InChI=1S/C18H28N2O5S/c1-6-17(3,4)24-8-14(21)19-9-18(23)10-20(11-18)16(22)13-7-15(26-5)25-12(13)2/h7,23H,6,8-11H2,1-5H3,(H,19,21).